The Morgan fingerprint density at radius 3 is 2.55 bits per heavy atom. The van der Waals surface area contributed by atoms with Crippen LogP contribution in [-0.4, -0.2) is 41.5 Å². The van der Waals surface area contributed by atoms with E-state index >= 15 is 0 Å². The van der Waals surface area contributed by atoms with Crippen LogP contribution in [0.4, 0.5) is 10.1 Å². The van der Waals surface area contributed by atoms with Gasteiger partial charge in [0.1, 0.15) is 23.7 Å². The van der Waals surface area contributed by atoms with Gasteiger partial charge in [0.05, 0.1) is 5.69 Å². The molecule has 0 aromatic heterocycles. The number of amides is 3. The van der Waals surface area contributed by atoms with Gasteiger partial charge in [-0.1, -0.05) is 37.6 Å². The van der Waals surface area contributed by atoms with Gasteiger partial charge in [-0.05, 0) is 48.7 Å². The van der Waals surface area contributed by atoms with E-state index in [0.29, 0.717) is 12.8 Å². The summed E-state index contributed by atoms with van der Waals surface area (Å²) < 4.78 is 14.3. The zero-order valence-electron chi connectivity index (χ0n) is 18.5. The summed E-state index contributed by atoms with van der Waals surface area (Å²) in [6.07, 6.45) is 1.10. The molecule has 2 unspecified atom stereocenters. The second kappa shape index (κ2) is 10.7. The molecule has 3 amide bonds. The Morgan fingerprint density at radius 2 is 1.91 bits per heavy atom. The predicted octanol–water partition coefficient (Wildman–Crippen LogP) is 3.18. The number of benzene rings is 2. The lowest BCUT2D eigenvalue weighted by Crippen LogP contribution is -2.53. The third kappa shape index (κ3) is 6.01. The number of rotatable bonds is 8. The van der Waals surface area contributed by atoms with E-state index in [1.165, 1.54) is 29.2 Å². The molecule has 2 aromatic carbocycles. The molecule has 0 radical (unpaired) electrons. The number of aromatic hydroxyl groups is 1. The number of halogens is 2. The first-order valence-corrected chi connectivity index (χ1v) is 11.2. The number of carbonyl (C=O) groups is 3. The van der Waals surface area contributed by atoms with Gasteiger partial charge in [0.25, 0.3) is 0 Å². The molecule has 1 aliphatic heterocycles. The van der Waals surface area contributed by atoms with E-state index < -0.39 is 29.7 Å². The van der Waals surface area contributed by atoms with Crippen LogP contribution in [0.15, 0.2) is 42.5 Å². The van der Waals surface area contributed by atoms with E-state index in [1.807, 2.05) is 6.92 Å². The first-order valence-electron chi connectivity index (χ1n) is 10.8. The smallest absolute Gasteiger partial charge is 0.249 e. The van der Waals surface area contributed by atoms with Crippen molar-refractivity contribution in [3.05, 3.63) is 58.9 Å². The van der Waals surface area contributed by atoms with Crippen LogP contribution in [-0.2, 0) is 20.8 Å². The van der Waals surface area contributed by atoms with E-state index in [1.54, 1.807) is 19.1 Å². The molecule has 3 atom stereocenters. The zero-order chi connectivity index (χ0) is 24.1. The lowest BCUT2D eigenvalue weighted by molar-refractivity contribution is -0.132. The topological polar surface area (TPSA) is 98.7 Å². The first kappa shape index (κ1) is 24.5. The Labute approximate surface area is 196 Å². The Bertz CT molecular complexity index is 1030. The number of phenolic OH excluding ortho intramolecular Hbond substituents is 1. The van der Waals surface area contributed by atoms with Crippen molar-refractivity contribution in [1.29, 1.82) is 0 Å². The molecule has 1 heterocycles. The van der Waals surface area contributed by atoms with Gasteiger partial charge in [-0.3, -0.25) is 14.4 Å². The van der Waals surface area contributed by atoms with Crippen LogP contribution in [0.25, 0.3) is 0 Å². The van der Waals surface area contributed by atoms with Crippen molar-refractivity contribution in [2.45, 2.75) is 45.2 Å². The van der Waals surface area contributed by atoms with Crippen LogP contribution >= 0.6 is 11.6 Å². The fourth-order valence-corrected chi connectivity index (χ4v) is 3.76. The fourth-order valence-electron chi connectivity index (χ4n) is 3.60. The lowest BCUT2D eigenvalue weighted by Gasteiger charge is -2.23. The van der Waals surface area contributed by atoms with E-state index in [9.17, 15) is 23.9 Å². The first-order chi connectivity index (χ1) is 15.7. The van der Waals surface area contributed by atoms with Crippen LogP contribution in [0.2, 0.25) is 5.02 Å². The molecule has 0 saturated carbocycles. The van der Waals surface area contributed by atoms with Crippen molar-refractivity contribution in [2.24, 2.45) is 5.92 Å². The molecule has 0 bridgehead atoms. The molecule has 176 valence electrons. The summed E-state index contributed by atoms with van der Waals surface area (Å²) >= 11 is 5.79. The summed E-state index contributed by atoms with van der Waals surface area (Å²) in [5.41, 5.74) is 0.840. The minimum atomic E-state index is -0.912. The van der Waals surface area contributed by atoms with Gasteiger partial charge in [0, 0.05) is 23.9 Å². The minimum absolute atomic E-state index is 0.0921. The van der Waals surface area contributed by atoms with Gasteiger partial charge >= 0.3 is 0 Å². The SMILES string of the molecule is CCC(C)C(=O)N[C@@H](Cc1ccc(O)cc1)C(=O)NC1CCN(c2ccc(Cl)cc2F)C1=O. The summed E-state index contributed by atoms with van der Waals surface area (Å²) in [5.74, 6) is -2.00. The Hall–Kier alpha value is -3.13. The molecule has 2 aromatic rings. The Balaban J connectivity index is 1.73. The standard InChI is InChI=1S/C24H27ClFN3O4/c1-3-14(2)22(31)28-20(12-15-4-7-17(30)8-5-15)23(32)27-19-10-11-29(24(19)33)21-9-6-16(25)13-18(21)26/h4-9,13-14,19-20,30H,3,10-12H2,1-2H3,(H,27,32)(H,28,31)/t14?,19?,20-/m0/s1. The number of nitrogens with one attached hydrogen (secondary N) is 2. The van der Waals surface area contributed by atoms with Gasteiger partial charge in [-0.2, -0.15) is 0 Å². The van der Waals surface area contributed by atoms with Gasteiger partial charge < -0.3 is 20.6 Å². The summed E-state index contributed by atoms with van der Waals surface area (Å²) in [4.78, 5) is 39.7. The highest BCUT2D eigenvalue weighted by Gasteiger charge is 2.36. The normalized spacial score (nSPS) is 17.5. The molecular formula is C24H27ClFN3O4. The van der Waals surface area contributed by atoms with Gasteiger partial charge in [-0.25, -0.2) is 4.39 Å². The highest BCUT2D eigenvalue weighted by molar-refractivity contribution is 6.30. The molecule has 0 spiro atoms. The van der Waals surface area contributed by atoms with E-state index in [0.717, 1.165) is 11.6 Å². The molecule has 1 aliphatic rings. The van der Waals surface area contributed by atoms with Crippen molar-refractivity contribution in [3.63, 3.8) is 0 Å². The number of carbonyl (C=O) groups excluding carboxylic acids is 3. The Kier molecular flexibility index (Phi) is 7.92. The van der Waals surface area contributed by atoms with Crippen molar-refractivity contribution >= 4 is 35.0 Å². The molecule has 9 heteroatoms. The van der Waals surface area contributed by atoms with Crippen molar-refractivity contribution in [2.75, 3.05) is 11.4 Å². The van der Waals surface area contributed by atoms with Crippen LogP contribution in [0, 0.1) is 11.7 Å². The second-order valence-electron chi connectivity index (χ2n) is 8.18. The number of nitrogens with zero attached hydrogens (tertiary/aromatic N) is 1. The van der Waals surface area contributed by atoms with Crippen LogP contribution in [0.3, 0.4) is 0 Å². The molecule has 0 aliphatic carbocycles. The Morgan fingerprint density at radius 1 is 1.21 bits per heavy atom. The highest BCUT2D eigenvalue weighted by Crippen LogP contribution is 2.27. The number of anilines is 1. The van der Waals surface area contributed by atoms with Crippen molar-refractivity contribution in [3.8, 4) is 5.75 Å². The maximum Gasteiger partial charge on any atom is 0.249 e. The summed E-state index contributed by atoms with van der Waals surface area (Å²) in [6.45, 7) is 3.88. The lowest BCUT2D eigenvalue weighted by atomic mass is 10.0. The summed E-state index contributed by atoms with van der Waals surface area (Å²) in [5, 5.41) is 15.2. The zero-order valence-corrected chi connectivity index (χ0v) is 19.2. The molecule has 1 saturated heterocycles. The molecule has 3 rings (SSSR count). The molecule has 3 N–H and O–H groups in total. The van der Waals surface area contributed by atoms with Crippen molar-refractivity contribution in [1.82, 2.24) is 10.6 Å². The second-order valence-corrected chi connectivity index (χ2v) is 8.61. The van der Waals surface area contributed by atoms with Crippen LogP contribution in [0.5, 0.6) is 5.75 Å². The minimum Gasteiger partial charge on any atom is -0.508 e. The van der Waals surface area contributed by atoms with Crippen LogP contribution < -0.4 is 15.5 Å². The average Bonchev–Trinajstić information content (AvgIpc) is 3.13. The van der Waals surface area contributed by atoms with Crippen LogP contribution in [0.1, 0.15) is 32.3 Å². The highest BCUT2D eigenvalue weighted by atomic mass is 35.5. The largest absolute Gasteiger partial charge is 0.508 e. The van der Waals surface area contributed by atoms with Gasteiger partial charge in [-0.15, -0.1) is 0 Å². The molecular weight excluding hydrogens is 449 g/mol. The summed E-state index contributed by atoms with van der Waals surface area (Å²) in [6, 6.07) is 8.64. The predicted molar refractivity (Wildman–Crippen MR) is 124 cm³/mol. The summed E-state index contributed by atoms with van der Waals surface area (Å²) in [7, 11) is 0. The van der Waals surface area contributed by atoms with E-state index in [-0.39, 0.29) is 41.3 Å². The average molecular weight is 476 g/mol. The maximum atomic E-state index is 14.3. The third-order valence-corrected chi connectivity index (χ3v) is 6.03. The quantitative estimate of drug-likeness (QED) is 0.546. The molecule has 33 heavy (non-hydrogen) atoms. The number of hydrogen-bond donors (Lipinski definition) is 3. The molecule has 1 fully saturated rings. The fraction of sp³-hybridized carbons (Fsp3) is 0.375. The third-order valence-electron chi connectivity index (χ3n) is 5.79. The monoisotopic (exact) mass is 475 g/mol. The van der Waals surface area contributed by atoms with E-state index in [4.69, 9.17) is 11.6 Å². The molecule has 7 nitrogen and oxygen atoms in total. The number of hydrogen-bond acceptors (Lipinski definition) is 4. The van der Waals surface area contributed by atoms with Gasteiger partial charge in [0.2, 0.25) is 17.7 Å². The van der Waals surface area contributed by atoms with Crippen molar-refractivity contribution < 1.29 is 23.9 Å². The number of phenols is 1. The van der Waals surface area contributed by atoms with E-state index in [2.05, 4.69) is 10.6 Å². The van der Waals surface area contributed by atoms with Gasteiger partial charge in [0.15, 0.2) is 0 Å². The maximum absolute atomic E-state index is 14.3.